The highest BCUT2D eigenvalue weighted by molar-refractivity contribution is 7.99. The van der Waals surface area contributed by atoms with Crippen LogP contribution in [-0.2, 0) is 4.79 Å². The summed E-state index contributed by atoms with van der Waals surface area (Å²) in [6, 6.07) is 3.59. The van der Waals surface area contributed by atoms with Gasteiger partial charge in [-0.1, -0.05) is 30.9 Å². The number of carbonyl (C=O) groups is 1. The first-order chi connectivity index (χ1) is 10.6. The highest BCUT2D eigenvalue weighted by Gasteiger charge is 2.15. The van der Waals surface area contributed by atoms with Crippen molar-refractivity contribution in [1.82, 2.24) is 0 Å². The summed E-state index contributed by atoms with van der Waals surface area (Å²) in [6.07, 6.45) is 7.18. The monoisotopic (exact) mass is 341 g/mol. The number of anilines is 1. The van der Waals surface area contributed by atoms with Gasteiger partial charge in [0.25, 0.3) is 0 Å². The maximum atomic E-state index is 12.1. The van der Waals surface area contributed by atoms with Crippen LogP contribution in [0, 0.1) is 6.92 Å². The third-order valence-corrected chi connectivity index (χ3v) is 5.78. The number of halogens is 1. The highest BCUT2D eigenvalue weighted by Crippen LogP contribution is 2.31. The predicted molar refractivity (Wildman–Crippen MR) is 95.3 cm³/mol. The predicted octanol–water partition coefficient (Wildman–Crippen LogP) is 5.05. The molecule has 5 heteroatoms. The highest BCUT2D eigenvalue weighted by atomic mass is 35.5. The van der Waals surface area contributed by atoms with Gasteiger partial charge < -0.3 is 10.1 Å². The molecule has 22 heavy (non-hydrogen) atoms. The number of aryl methyl sites for hydroxylation is 1. The normalized spacial score (nSPS) is 15.6. The van der Waals surface area contributed by atoms with E-state index in [9.17, 15) is 4.79 Å². The minimum absolute atomic E-state index is 0.0309. The van der Waals surface area contributed by atoms with Gasteiger partial charge in [-0.2, -0.15) is 11.8 Å². The second-order valence-corrected chi connectivity index (χ2v) is 7.55. The number of nitrogens with one attached hydrogen (secondary N) is 1. The first-order valence-electron chi connectivity index (χ1n) is 7.85. The zero-order valence-corrected chi connectivity index (χ0v) is 14.9. The largest absolute Gasteiger partial charge is 0.495 e. The van der Waals surface area contributed by atoms with E-state index in [4.69, 9.17) is 16.3 Å². The standard InChI is InChI=1S/C17H24ClNO2S/c1-12-10-15(16(21-2)11-14(12)18)19-17(20)8-9-22-13-6-4-3-5-7-13/h10-11,13H,3-9H2,1-2H3,(H,19,20). The van der Waals surface area contributed by atoms with Gasteiger partial charge in [0, 0.05) is 28.5 Å². The van der Waals surface area contributed by atoms with Gasteiger partial charge in [-0.05, 0) is 31.4 Å². The van der Waals surface area contributed by atoms with E-state index in [1.54, 1.807) is 13.2 Å². The fourth-order valence-corrected chi connectivity index (χ4v) is 4.15. The van der Waals surface area contributed by atoms with E-state index in [0.29, 0.717) is 22.9 Å². The van der Waals surface area contributed by atoms with Crippen molar-refractivity contribution in [1.29, 1.82) is 0 Å². The Morgan fingerprint density at radius 2 is 2.09 bits per heavy atom. The van der Waals surface area contributed by atoms with E-state index in [1.165, 1.54) is 32.1 Å². The molecule has 0 saturated heterocycles. The molecule has 2 rings (SSSR count). The Kier molecular flexibility index (Phi) is 6.90. The van der Waals surface area contributed by atoms with Crippen LogP contribution in [0.3, 0.4) is 0 Å². The van der Waals surface area contributed by atoms with E-state index >= 15 is 0 Å². The molecule has 0 atom stereocenters. The minimum Gasteiger partial charge on any atom is -0.495 e. The van der Waals surface area contributed by atoms with Crippen LogP contribution in [0.25, 0.3) is 0 Å². The first kappa shape index (κ1) is 17.5. The summed E-state index contributed by atoms with van der Waals surface area (Å²) in [4.78, 5) is 12.1. The van der Waals surface area contributed by atoms with Crippen molar-refractivity contribution in [3.05, 3.63) is 22.7 Å². The summed E-state index contributed by atoms with van der Waals surface area (Å²) in [5.74, 6) is 1.51. The third kappa shape index (κ3) is 5.10. The Bertz CT molecular complexity index is 516. The van der Waals surface area contributed by atoms with E-state index in [1.807, 2.05) is 24.8 Å². The number of carbonyl (C=O) groups excluding carboxylic acids is 1. The summed E-state index contributed by atoms with van der Waals surface area (Å²) >= 11 is 8.01. The average Bonchev–Trinajstić information content (AvgIpc) is 2.51. The smallest absolute Gasteiger partial charge is 0.225 e. The molecular weight excluding hydrogens is 318 g/mol. The molecule has 0 unspecified atom stereocenters. The van der Waals surface area contributed by atoms with Crippen LogP contribution >= 0.6 is 23.4 Å². The Morgan fingerprint density at radius 1 is 1.36 bits per heavy atom. The molecule has 1 fully saturated rings. The molecule has 1 aliphatic rings. The van der Waals surface area contributed by atoms with Gasteiger partial charge in [0.1, 0.15) is 5.75 Å². The number of rotatable bonds is 6. The third-order valence-electron chi connectivity index (χ3n) is 3.99. The van der Waals surface area contributed by atoms with Gasteiger partial charge in [-0.15, -0.1) is 0 Å². The summed E-state index contributed by atoms with van der Waals surface area (Å²) in [6.45, 7) is 1.91. The van der Waals surface area contributed by atoms with E-state index in [0.717, 1.165) is 16.6 Å². The Hall–Kier alpha value is -0.870. The van der Waals surface area contributed by atoms with Crippen molar-refractivity contribution in [2.45, 2.75) is 50.7 Å². The SMILES string of the molecule is COc1cc(Cl)c(C)cc1NC(=O)CCSC1CCCCC1. The van der Waals surface area contributed by atoms with E-state index < -0.39 is 0 Å². The topological polar surface area (TPSA) is 38.3 Å². The summed E-state index contributed by atoms with van der Waals surface area (Å²) < 4.78 is 5.28. The number of benzene rings is 1. The van der Waals surface area contributed by atoms with Crippen LogP contribution in [0.4, 0.5) is 5.69 Å². The Balaban J connectivity index is 1.82. The lowest BCUT2D eigenvalue weighted by Gasteiger charge is -2.20. The number of hydrogen-bond donors (Lipinski definition) is 1. The Morgan fingerprint density at radius 3 is 2.77 bits per heavy atom. The second-order valence-electron chi connectivity index (χ2n) is 5.73. The lowest BCUT2D eigenvalue weighted by atomic mass is 10.0. The van der Waals surface area contributed by atoms with Gasteiger partial charge in [-0.3, -0.25) is 4.79 Å². The van der Waals surface area contributed by atoms with Crippen molar-refractivity contribution >= 4 is 35.0 Å². The number of thioether (sulfide) groups is 1. The van der Waals surface area contributed by atoms with E-state index in [-0.39, 0.29) is 5.91 Å². The van der Waals surface area contributed by atoms with Crippen LogP contribution < -0.4 is 10.1 Å². The minimum atomic E-state index is 0.0309. The van der Waals surface area contributed by atoms with Crippen molar-refractivity contribution in [2.75, 3.05) is 18.2 Å². The average molecular weight is 342 g/mol. The molecule has 0 bridgehead atoms. The molecule has 0 heterocycles. The molecule has 1 N–H and O–H groups in total. The van der Waals surface area contributed by atoms with Crippen LogP contribution in [0.1, 0.15) is 44.1 Å². The molecule has 3 nitrogen and oxygen atoms in total. The lowest BCUT2D eigenvalue weighted by Crippen LogP contribution is -2.15. The number of hydrogen-bond acceptors (Lipinski definition) is 3. The maximum absolute atomic E-state index is 12.1. The van der Waals surface area contributed by atoms with Gasteiger partial charge >= 0.3 is 0 Å². The summed E-state index contributed by atoms with van der Waals surface area (Å²) in [5, 5.41) is 4.32. The van der Waals surface area contributed by atoms with Gasteiger partial charge in [0.15, 0.2) is 0 Å². The summed E-state index contributed by atoms with van der Waals surface area (Å²) in [5.41, 5.74) is 1.62. The molecular formula is C17H24ClNO2S. The molecule has 122 valence electrons. The molecule has 1 aromatic rings. The zero-order valence-electron chi connectivity index (χ0n) is 13.3. The van der Waals surface area contributed by atoms with Crippen molar-refractivity contribution in [3.8, 4) is 5.75 Å². The quantitative estimate of drug-likeness (QED) is 0.786. The number of methoxy groups -OCH3 is 1. The van der Waals surface area contributed by atoms with E-state index in [2.05, 4.69) is 5.32 Å². The molecule has 1 amide bonds. The maximum Gasteiger partial charge on any atom is 0.225 e. The second kappa shape index (κ2) is 8.68. The number of amides is 1. The van der Waals surface area contributed by atoms with Gasteiger partial charge in [0.2, 0.25) is 5.91 Å². The van der Waals surface area contributed by atoms with Crippen LogP contribution in [-0.4, -0.2) is 24.0 Å². The fraction of sp³-hybridized carbons (Fsp3) is 0.588. The van der Waals surface area contributed by atoms with Crippen molar-refractivity contribution in [2.24, 2.45) is 0 Å². The molecule has 0 aromatic heterocycles. The molecule has 0 spiro atoms. The van der Waals surface area contributed by atoms with Crippen molar-refractivity contribution in [3.63, 3.8) is 0 Å². The zero-order chi connectivity index (χ0) is 15.9. The molecule has 1 aliphatic carbocycles. The molecule has 0 radical (unpaired) electrons. The molecule has 0 aliphatic heterocycles. The van der Waals surface area contributed by atoms with Crippen molar-refractivity contribution < 1.29 is 9.53 Å². The van der Waals surface area contributed by atoms with Gasteiger partial charge in [0.05, 0.1) is 12.8 Å². The van der Waals surface area contributed by atoms with Crippen LogP contribution in [0.5, 0.6) is 5.75 Å². The van der Waals surface area contributed by atoms with Crippen LogP contribution in [0.15, 0.2) is 12.1 Å². The Labute approximate surface area is 142 Å². The van der Waals surface area contributed by atoms with Crippen LogP contribution in [0.2, 0.25) is 5.02 Å². The molecule has 1 saturated carbocycles. The molecule has 1 aromatic carbocycles. The first-order valence-corrected chi connectivity index (χ1v) is 9.28. The fourth-order valence-electron chi connectivity index (χ4n) is 2.69. The number of ether oxygens (including phenoxy) is 1. The summed E-state index contributed by atoms with van der Waals surface area (Å²) in [7, 11) is 1.58. The van der Waals surface area contributed by atoms with Gasteiger partial charge in [-0.25, -0.2) is 0 Å². The lowest BCUT2D eigenvalue weighted by molar-refractivity contribution is -0.115.